The maximum absolute atomic E-state index is 9.94. The van der Waals surface area contributed by atoms with Gasteiger partial charge in [0.15, 0.2) is 0 Å². The molecule has 244 valence electrons. The molecule has 3 nitrogen and oxygen atoms in total. The average molecular weight is 672 g/mol. The molecule has 9 aromatic carbocycles. The molecule has 0 unspecified atom stereocenters. The number of hydrogen-bond donors (Lipinski definition) is 0. The quantitative estimate of drug-likeness (QED) is 0.138. The van der Waals surface area contributed by atoms with Crippen molar-refractivity contribution < 1.29 is 0 Å². The van der Waals surface area contributed by atoms with Crippen molar-refractivity contribution in [3.05, 3.63) is 182 Å². The van der Waals surface area contributed by atoms with Crippen LogP contribution in [0.4, 0.5) is 0 Å². The number of pyridine rings is 1. The summed E-state index contributed by atoms with van der Waals surface area (Å²) in [5.74, 6) is 0. The molecular formula is C50H29N3. The third-order valence-corrected chi connectivity index (χ3v) is 11.0. The van der Waals surface area contributed by atoms with Gasteiger partial charge in [-0.25, -0.2) is 0 Å². The lowest BCUT2D eigenvalue weighted by atomic mass is 9.85. The number of fused-ring (bicyclic) bond motifs is 3. The predicted molar refractivity (Wildman–Crippen MR) is 221 cm³/mol. The summed E-state index contributed by atoms with van der Waals surface area (Å²) in [6.45, 7) is 0. The van der Waals surface area contributed by atoms with Crippen molar-refractivity contribution in [1.29, 1.82) is 5.26 Å². The van der Waals surface area contributed by atoms with Crippen LogP contribution in [0.1, 0.15) is 5.56 Å². The van der Waals surface area contributed by atoms with Crippen LogP contribution >= 0.6 is 0 Å². The lowest BCUT2D eigenvalue weighted by Crippen LogP contribution is -1.94. The number of para-hydroxylation sites is 1. The fourth-order valence-electron chi connectivity index (χ4n) is 8.75. The summed E-state index contributed by atoms with van der Waals surface area (Å²) < 4.78 is 2.32. The van der Waals surface area contributed by atoms with Crippen LogP contribution in [0, 0.1) is 11.3 Å². The molecule has 0 aliphatic rings. The number of nitrogens with zero attached hydrogens (tertiary/aromatic N) is 3. The van der Waals surface area contributed by atoms with Crippen LogP contribution in [-0.4, -0.2) is 9.55 Å². The van der Waals surface area contributed by atoms with Gasteiger partial charge >= 0.3 is 0 Å². The van der Waals surface area contributed by atoms with Crippen molar-refractivity contribution in [2.45, 2.75) is 0 Å². The van der Waals surface area contributed by atoms with E-state index in [0.29, 0.717) is 5.56 Å². The molecule has 0 bridgehead atoms. The molecule has 11 aromatic rings. The molecule has 53 heavy (non-hydrogen) atoms. The minimum Gasteiger partial charge on any atom is -0.309 e. The van der Waals surface area contributed by atoms with E-state index in [9.17, 15) is 5.26 Å². The van der Waals surface area contributed by atoms with E-state index < -0.39 is 0 Å². The monoisotopic (exact) mass is 671 g/mol. The van der Waals surface area contributed by atoms with Crippen molar-refractivity contribution in [3.63, 3.8) is 0 Å². The summed E-state index contributed by atoms with van der Waals surface area (Å²) in [7, 11) is 0. The molecule has 2 heterocycles. The minimum atomic E-state index is 0.693. The summed E-state index contributed by atoms with van der Waals surface area (Å²) in [5, 5.41) is 21.7. The Morgan fingerprint density at radius 3 is 1.85 bits per heavy atom. The fraction of sp³-hybridized carbons (Fsp3) is 0. The molecule has 11 rings (SSSR count). The molecule has 0 saturated carbocycles. The summed E-state index contributed by atoms with van der Waals surface area (Å²) in [4.78, 5) is 5.17. The van der Waals surface area contributed by atoms with Gasteiger partial charge in [0, 0.05) is 39.2 Å². The molecular weight excluding hydrogens is 643 g/mol. The first kappa shape index (κ1) is 29.5. The van der Waals surface area contributed by atoms with Gasteiger partial charge in [-0.2, -0.15) is 5.26 Å². The van der Waals surface area contributed by atoms with E-state index in [1.807, 2.05) is 18.3 Å². The molecule has 0 spiro atoms. The third kappa shape index (κ3) is 4.30. The Kier molecular flexibility index (Phi) is 6.32. The summed E-state index contributed by atoms with van der Waals surface area (Å²) in [6, 6.07) is 62.9. The van der Waals surface area contributed by atoms with Gasteiger partial charge in [0.2, 0.25) is 0 Å². The average Bonchev–Trinajstić information content (AvgIpc) is 3.57. The summed E-state index contributed by atoms with van der Waals surface area (Å²) in [6.07, 6.45) is 2.04. The lowest BCUT2D eigenvalue weighted by Gasteiger charge is -2.18. The minimum absolute atomic E-state index is 0.693. The normalized spacial score (nSPS) is 11.8. The van der Waals surface area contributed by atoms with Gasteiger partial charge in [-0.1, -0.05) is 127 Å². The Hall–Kier alpha value is -7.28. The highest BCUT2D eigenvalue weighted by Crippen LogP contribution is 2.46. The topological polar surface area (TPSA) is 41.6 Å². The van der Waals surface area contributed by atoms with Crippen LogP contribution in [0.25, 0.3) is 104 Å². The van der Waals surface area contributed by atoms with Gasteiger partial charge in [0.25, 0.3) is 0 Å². The molecule has 2 aromatic heterocycles. The van der Waals surface area contributed by atoms with Crippen molar-refractivity contribution >= 4 is 64.9 Å². The van der Waals surface area contributed by atoms with E-state index in [4.69, 9.17) is 4.98 Å². The van der Waals surface area contributed by atoms with Crippen LogP contribution < -0.4 is 0 Å². The fourth-order valence-corrected chi connectivity index (χ4v) is 8.75. The van der Waals surface area contributed by atoms with Crippen LogP contribution in [0.5, 0.6) is 0 Å². The molecule has 0 amide bonds. The highest BCUT2D eigenvalue weighted by Gasteiger charge is 2.21. The molecule has 0 N–H and O–H groups in total. The van der Waals surface area contributed by atoms with E-state index in [0.717, 1.165) is 49.7 Å². The highest BCUT2D eigenvalue weighted by molar-refractivity contribution is 6.26. The number of hydrogen-bond acceptors (Lipinski definition) is 2. The highest BCUT2D eigenvalue weighted by atomic mass is 15.0. The van der Waals surface area contributed by atoms with E-state index in [-0.39, 0.29) is 0 Å². The molecule has 0 aliphatic carbocycles. The van der Waals surface area contributed by atoms with E-state index in [2.05, 4.69) is 168 Å². The Labute approximate surface area is 305 Å². The van der Waals surface area contributed by atoms with E-state index in [1.165, 1.54) is 54.4 Å². The first-order valence-electron chi connectivity index (χ1n) is 17.9. The maximum Gasteiger partial charge on any atom is 0.0998 e. The molecule has 0 aliphatic heterocycles. The number of nitriles is 1. The smallest absolute Gasteiger partial charge is 0.0998 e. The van der Waals surface area contributed by atoms with Crippen LogP contribution in [0.2, 0.25) is 0 Å². The van der Waals surface area contributed by atoms with E-state index >= 15 is 0 Å². The Morgan fingerprint density at radius 1 is 0.453 bits per heavy atom. The predicted octanol–water partition coefficient (Wildman–Crippen LogP) is 13.1. The SMILES string of the molecule is N#Cc1ccc2c3c1ccc1cc(-c4ccc(-c5c6ccccc6c(-c6cccc7ccccc67)c6ccccc56)cn4)cc(c13)n2-c1ccccc1. The molecule has 0 saturated heterocycles. The lowest BCUT2D eigenvalue weighted by molar-refractivity contribution is 1.18. The van der Waals surface area contributed by atoms with Gasteiger partial charge in [-0.15, -0.1) is 0 Å². The Morgan fingerprint density at radius 2 is 1.13 bits per heavy atom. The second kappa shape index (κ2) is 11.4. The largest absolute Gasteiger partial charge is 0.309 e. The van der Waals surface area contributed by atoms with Crippen LogP contribution in [0.15, 0.2) is 176 Å². The Bertz CT molecular complexity index is 3210. The first-order valence-corrected chi connectivity index (χ1v) is 17.9. The zero-order valence-electron chi connectivity index (χ0n) is 28.6. The molecule has 0 radical (unpaired) electrons. The first-order chi connectivity index (χ1) is 26.3. The van der Waals surface area contributed by atoms with Gasteiger partial charge in [-0.3, -0.25) is 4.98 Å². The van der Waals surface area contributed by atoms with Crippen molar-refractivity contribution in [2.24, 2.45) is 0 Å². The van der Waals surface area contributed by atoms with Gasteiger partial charge in [-0.05, 0) is 96.9 Å². The summed E-state index contributed by atoms with van der Waals surface area (Å²) in [5.41, 5.74) is 10.7. The van der Waals surface area contributed by atoms with Crippen molar-refractivity contribution in [1.82, 2.24) is 9.55 Å². The number of benzene rings is 9. The summed E-state index contributed by atoms with van der Waals surface area (Å²) >= 11 is 0. The van der Waals surface area contributed by atoms with Gasteiger partial charge in [0.1, 0.15) is 0 Å². The maximum atomic E-state index is 9.94. The number of aromatic nitrogens is 2. The second-order valence-corrected chi connectivity index (χ2v) is 13.8. The third-order valence-electron chi connectivity index (χ3n) is 11.0. The standard InChI is InChI=1S/C50H29N3/c51-29-33-23-26-45-50-38(33)24-21-32-27-35(28-46(48(32)50)53(45)36-13-2-1-3-14-36)44-25-22-34(30-52-44)47-40-16-6-8-18-42(40)49(43-19-9-7-17-41(43)47)39-20-10-12-31-11-4-5-15-37(31)39/h1-28,30H. The zero-order valence-corrected chi connectivity index (χ0v) is 28.6. The van der Waals surface area contributed by atoms with Crippen molar-refractivity contribution in [2.75, 3.05) is 0 Å². The van der Waals surface area contributed by atoms with Crippen molar-refractivity contribution in [3.8, 4) is 45.3 Å². The number of rotatable bonds is 4. The second-order valence-electron chi connectivity index (χ2n) is 13.8. The molecule has 0 atom stereocenters. The van der Waals surface area contributed by atoms with Crippen LogP contribution in [0.3, 0.4) is 0 Å². The van der Waals surface area contributed by atoms with Gasteiger partial charge < -0.3 is 4.57 Å². The molecule has 0 fully saturated rings. The zero-order chi connectivity index (χ0) is 35.0. The van der Waals surface area contributed by atoms with E-state index in [1.54, 1.807) is 0 Å². The van der Waals surface area contributed by atoms with Gasteiger partial charge in [0.05, 0.1) is 28.4 Å². The van der Waals surface area contributed by atoms with Crippen LogP contribution in [-0.2, 0) is 0 Å². The molecule has 3 heteroatoms. The Balaban J connectivity index is 1.12.